The van der Waals surface area contributed by atoms with E-state index in [9.17, 15) is 53.4 Å². The lowest BCUT2D eigenvalue weighted by Gasteiger charge is -2.36. The molecule has 3 heterocycles. The number of hydrogen-bond donors (Lipinski definition) is 5. The molecule has 1 aromatic rings. The SMILES string of the molecule is CC[C@H](C)[C@H]1NC(=O)[C@@H](NC(=O)[C@@H](CC(C)C)N(C)C(=O)C2CCCN2C(=O)[C@@H](C)O)[C@@H](C)OC(=O)[C@H](Cc2ccc(OC)cc2)N(C)C(=O)C2CCCN2C(=O)[C@H](CC(C)C)NC(=O)[C@H](C(C)C)OC(=O)C[C@@H]1O. The molecule has 1 aromatic carbocycles. The molecule has 5 N–H and O–H groups in total. The summed E-state index contributed by atoms with van der Waals surface area (Å²) in [5.41, 5.74) is 0.597. The van der Waals surface area contributed by atoms with Gasteiger partial charge in [0.2, 0.25) is 29.5 Å². The molecular weight excluding hydrogens is 971 g/mol. The molecule has 3 fully saturated rings. The van der Waals surface area contributed by atoms with Crippen LogP contribution in [0.15, 0.2) is 24.3 Å². The van der Waals surface area contributed by atoms with Crippen LogP contribution in [-0.2, 0) is 59.0 Å². The molecule has 0 radical (unpaired) electrons. The Morgan fingerprint density at radius 3 is 2.09 bits per heavy atom. The van der Waals surface area contributed by atoms with E-state index in [4.69, 9.17) is 14.2 Å². The summed E-state index contributed by atoms with van der Waals surface area (Å²) in [6.07, 6.45) is -4.56. The van der Waals surface area contributed by atoms with Crippen LogP contribution in [0.1, 0.15) is 126 Å². The van der Waals surface area contributed by atoms with E-state index in [2.05, 4.69) is 16.0 Å². The second kappa shape index (κ2) is 27.8. The number of esters is 2. The van der Waals surface area contributed by atoms with Gasteiger partial charge in [0.15, 0.2) is 6.10 Å². The fourth-order valence-corrected chi connectivity index (χ4v) is 10.1. The minimum absolute atomic E-state index is 0.0924. The van der Waals surface area contributed by atoms with Gasteiger partial charge in [0.05, 0.1) is 25.7 Å². The van der Waals surface area contributed by atoms with E-state index in [-0.39, 0.29) is 57.0 Å². The normalized spacial score (nSPS) is 27.2. The summed E-state index contributed by atoms with van der Waals surface area (Å²) in [6.45, 7) is 17.3. The number of benzene rings is 1. The van der Waals surface area contributed by atoms with E-state index in [1.165, 1.54) is 54.7 Å². The second-order valence-corrected chi connectivity index (χ2v) is 21.8. The van der Waals surface area contributed by atoms with Crippen molar-refractivity contribution in [2.45, 2.75) is 194 Å². The van der Waals surface area contributed by atoms with Gasteiger partial charge in [-0.15, -0.1) is 0 Å². The number of carbonyl (C=O) groups is 9. The summed E-state index contributed by atoms with van der Waals surface area (Å²) in [7, 11) is 4.34. The molecule has 2 unspecified atom stereocenters. The third-order valence-electron chi connectivity index (χ3n) is 14.6. The summed E-state index contributed by atoms with van der Waals surface area (Å²) in [5.74, 6) is -7.61. The predicted molar refractivity (Wildman–Crippen MR) is 276 cm³/mol. The number of likely N-dealkylation sites (N-methyl/N-ethyl adjacent to an activating group) is 2. The molecule has 420 valence electrons. The van der Waals surface area contributed by atoms with Crippen molar-refractivity contribution in [3.63, 3.8) is 0 Å². The number of ether oxygens (including phenoxy) is 3. The summed E-state index contributed by atoms with van der Waals surface area (Å²) in [4.78, 5) is 134. The largest absolute Gasteiger partial charge is 0.497 e. The van der Waals surface area contributed by atoms with Gasteiger partial charge >= 0.3 is 11.9 Å². The lowest BCUT2D eigenvalue weighted by atomic mass is 9.92. The molecule has 12 atom stereocenters. The van der Waals surface area contributed by atoms with Gasteiger partial charge in [0, 0.05) is 33.6 Å². The topological polar surface area (TPSA) is 271 Å². The summed E-state index contributed by atoms with van der Waals surface area (Å²) >= 11 is 0. The van der Waals surface area contributed by atoms with E-state index in [0.29, 0.717) is 30.6 Å². The van der Waals surface area contributed by atoms with Gasteiger partial charge in [0.1, 0.15) is 54.2 Å². The Labute approximate surface area is 442 Å². The molecule has 75 heavy (non-hydrogen) atoms. The molecule has 7 amide bonds. The number of carbonyl (C=O) groups excluding carboxylic acids is 9. The summed E-state index contributed by atoms with van der Waals surface area (Å²) < 4.78 is 17.2. The lowest BCUT2D eigenvalue weighted by molar-refractivity contribution is -0.162. The van der Waals surface area contributed by atoms with Gasteiger partial charge in [-0.25, -0.2) is 4.79 Å². The van der Waals surface area contributed by atoms with Gasteiger partial charge in [0.25, 0.3) is 11.8 Å². The number of likely N-dealkylation sites (tertiary alicyclic amines) is 1. The Morgan fingerprint density at radius 1 is 0.880 bits per heavy atom. The molecule has 3 saturated heterocycles. The molecule has 0 aliphatic carbocycles. The monoisotopic (exact) mass is 1060 g/mol. The van der Waals surface area contributed by atoms with Gasteiger partial charge in [-0.1, -0.05) is 73.9 Å². The van der Waals surface area contributed by atoms with E-state index in [0.717, 1.165) is 0 Å². The van der Waals surface area contributed by atoms with Crippen LogP contribution in [0, 0.1) is 23.7 Å². The first-order valence-electron chi connectivity index (χ1n) is 26.7. The number of amides is 7. The van der Waals surface area contributed by atoms with Crippen molar-refractivity contribution in [2.24, 2.45) is 23.7 Å². The standard InChI is InChI=1S/C54H85N7O14/c1-14-32(8)44-42(63)28-43(64)75-46(31(6)7)49(67)55-37(25-29(2)3)51(69)61-24-16-18-39(61)53(71)59(12)41(27-35-19-21-36(73-13)22-20-35)54(72)74-34(10)45(48(66)56-44)57-47(65)40(26-30(4)5)58(11)52(70)38-17-15-23-60(38)50(68)33(9)62/h19-22,29-34,37-42,44-46,62-63H,14-18,23-28H2,1-13H3,(H,55,67)(H,56,66)(H,57,65)/t32-,33+,34+,37-,38?,39?,40+,41-,42-,44+,45-,46-/m0/s1. The van der Waals surface area contributed by atoms with Gasteiger partial charge in [-0.3, -0.25) is 38.4 Å². The number of aliphatic hydroxyl groups is 2. The van der Waals surface area contributed by atoms with Crippen LogP contribution in [0.4, 0.5) is 0 Å². The molecule has 0 bridgehead atoms. The summed E-state index contributed by atoms with van der Waals surface area (Å²) in [5, 5.41) is 30.2. The molecule has 21 nitrogen and oxygen atoms in total. The first-order valence-corrected chi connectivity index (χ1v) is 26.7. The quantitative estimate of drug-likeness (QED) is 0.158. The van der Waals surface area contributed by atoms with Crippen molar-refractivity contribution in [3.8, 4) is 5.75 Å². The van der Waals surface area contributed by atoms with Gasteiger partial charge < -0.3 is 60.0 Å². The fraction of sp³-hybridized carbons (Fsp3) is 0.722. The maximum atomic E-state index is 14.9. The number of cyclic esters (lactones) is 2. The average Bonchev–Trinajstić information content (AvgIpc) is 4.06. The number of nitrogens with one attached hydrogen (secondary N) is 3. The molecule has 0 aromatic heterocycles. The first-order chi connectivity index (χ1) is 35.2. The van der Waals surface area contributed by atoms with E-state index in [1.54, 1.807) is 52.0 Å². The third-order valence-corrected chi connectivity index (χ3v) is 14.6. The minimum atomic E-state index is -1.73. The Hall–Kier alpha value is -5.83. The van der Waals surface area contributed by atoms with Crippen molar-refractivity contribution in [1.29, 1.82) is 0 Å². The Bertz CT molecular complexity index is 2170. The van der Waals surface area contributed by atoms with Crippen LogP contribution in [0.3, 0.4) is 0 Å². The van der Waals surface area contributed by atoms with Crippen molar-refractivity contribution < 1.29 is 67.6 Å². The van der Waals surface area contributed by atoms with Crippen molar-refractivity contribution in [1.82, 2.24) is 35.6 Å². The van der Waals surface area contributed by atoms with Gasteiger partial charge in [-0.05, 0) is 93.7 Å². The van der Waals surface area contributed by atoms with Crippen LogP contribution in [0.25, 0.3) is 0 Å². The molecule has 0 spiro atoms. The zero-order valence-electron chi connectivity index (χ0n) is 46.3. The maximum Gasteiger partial charge on any atom is 0.329 e. The Kier molecular flexibility index (Phi) is 22.9. The predicted octanol–water partition coefficient (Wildman–Crippen LogP) is 2.11. The van der Waals surface area contributed by atoms with Gasteiger partial charge in [-0.2, -0.15) is 0 Å². The second-order valence-electron chi connectivity index (χ2n) is 21.8. The molecule has 4 rings (SSSR count). The van der Waals surface area contributed by atoms with Crippen molar-refractivity contribution in [2.75, 3.05) is 34.3 Å². The maximum absolute atomic E-state index is 14.9. The Balaban J connectivity index is 1.87. The smallest absolute Gasteiger partial charge is 0.329 e. The first kappa shape index (κ1) is 61.7. The van der Waals surface area contributed by atoms with Crippen LogP contribution in [-0.4, -0.2) is 184 Å². The zero-order chi connectivity index (χ0) is 56.2. The highest BCUT2D eigenvalue weighted by molar-refractivity contribution is 5.97. The number of hydrogen-bond acceptors (Lipinski definition) is 14. The molecule has 3 aliphatic heterocycles. The van der Waals surface area contributed by atoms with E-state index in [1.807, 2.05) is 27.7 Å². The van der Waals surface area contributed by atoms with Crippen LogP contribution in [0.2, 0.25) is 0 Å². The van der Waals surface area contributed by atoms with Crippen LogP contribution < -0.4 is 20.7 Å². The molecule has 3 aliphatic rings. The number of nitrogens with zero attached hydrogens (tertiary/aromatic N) is 4. The number of rotatable bonds is 15. The highest BCUT2D eigenvalue weighted by atomic mass is 16.6. The highest BCUT2D eigenvalue weighted by Crippen LogP contribution is 2.27. The zero-order valence-corrected chi connectivity index (χ0v) is 46.3. The fourth-order valence-electron chi connectivity index (χ4n) is 10.1. The summed E-state index contributed by atoms with van der Waals surface area (Å²) in [6, 6.07) is -1.85. The third kappa shape index (κ3) is 16.1. The average molecular weight is 1060 g/mol. The number of fused-ring (bicyclic) bond motifs is 1. The number of methoxy groups -OCH3 is 1. The van der Waals surface area contributed by atoms with Crippen LogP contribution in [0.5, 0.6) is 5.75 Å². The highest BCUT2D eigenvalue weighted by Gasteiger charge is 2.45. The molecule has 21 heteroatoms. The minimum Gasteiger partial charge on any atom is -0.497 e. The molecule has 0 saturated carbocycles. The van der Waals surface area contributed by atoms with Crippen molar-refractivity contribution in [3.05, 3.63) is 29.8 Å². The van der Waals surface area contributed by atoms with E-state index < -0.39 is 138 Å². The Morgan fingerprint density at radius 2 is 1.52 bits per heavy atom. The van der Waals surface area contributed by atoms with E-state index >= 15 is 0 Å². The number of aliphatic hydroxyl groups excluding tert-OH is 2. The van der Waals surface area contributed by atoms with Crippen molar-refractivity contribution >= 4 is 53.3 Å². The van der Waals surface area contributed by atoms with Crippen LogP contribution >= 0.6 is 0 Å². The molecular formula is C54H85N7O14. The lowest BCUT2D eigenvalue weighted by Crippen LogP contribution is -2.62.